The Labute approximate surface area is 150 Å². The minimum Gasteiger partial charge on any atom is -0.370 e. The Hall–Kier alpha value is -2.11. The highest BCUT2D eigenvalue weighted by atomic mass is 19.4. The third kappa shape index (κ3) is 4.99. The number of halogens is 6. The summed E-state index contributed by atoms with van der Waals surface area (Å²) in [7, 11) is 0. The van der Waals surface area contributed by atoms with Crippen LogP contribution in [0.15, 0.2) is 6.07 Å². The van der Waals surface area contributed by atoms with Crippen molar-refractivity contribution < 1.29 is 26.3 Å². The smallest absolute Gasteiger partial charge is 0.370 e. The van der Waals surface area contributed by atoms with Crippen LogP contribution in [0.5, 0.6) is 0 Å². The predicted octanol–water partition coefficient (Wildman–Crippen LogP) is 3.14. The van der Waals surface area contributed by atoms with Crippen LogP contribution < -0.4 is 5.32 Å². The summed E-state index contributed by atoms with van der Waals surface area (Å²) in [6, 6.07) is 1.56. The van der Waals surface area contributed by atoms with Gasteiger partial charge in [0.05, 0.1) is 6.54 Å². The number of aryl methyl sites for hydroxylation is 1. The molecule has 1 N–H and O–H groups in total. The molecule has 6 nitrogen and oxygen atoms in total. The van der Waals surface area contributed by atoms with E-state index >= 15 is 0 Å². The van der Waals surface area contributed by atoms with Crippen molar-refractivity contribution in [3.63, 3.8) is 0 Å². The van der Waals surface area contributed by atoms with Crippen LogP contribution >= 0.6 is 0 Å². The van der Waals surface area contributed by atoms with E-state index in [-0.39, 0.29) is 11.7 Å². The zero-order valence-electron chi connectivity index (χ0n) is 14.4. The van der Waals surface area contributed by atoms with E-state index in [1.54, 1.807) is 13.0 Å². The first-order valence-electron chi connectivity index (χ1n) is 8.36. The van der Waals surface area contributed by atoms with E-state index in [2.05, 4.69) is 20.4 Å². The summed E-state index contributed by atoms with van der Waals surface area (Å²) in [5.74, 6) is -1.00. The van der Waals surface area contributed by atoms with Gasteiger partial charge < -0.3 is 5.32 Å². The summed E-state index contributed by atoms with van der Waals surface area (Å²) in [5, 5.41) is 6.50. The van der Waals surface area contributed by atoms with Gasteiger partial charge in [-0.1, -0.05) is 0 Å². The molecule has 0 aromatic carbocycles. The number of alkyl halides is 6. The standard InChI is InChI=1S/C15H18F6N6/c1-9-6-11(27-13(23-9)24-12(25-27)15(19,20)21)22-7-10-2-4-26(5-3-10)8-14(16,17)18/h6,10,22H,2-5,7-8H2,1H3. The maximum Gasteiger partial charge on any atom is 0.453 e. The van der Waals surface area contributed by atoms with Gasteiger partial charge in [-0.25, -0.2) is 4.98 Å². The van der Waals surface area contributed by atoms with Gasteiger partial charge in [0.25, 0.3) is 11.6 Å². The summed E-state index contributed by atoms with van der Waals surface area (Å²) < 4.78 is 76.7. The van der Waals surface area contributed by atoms with Crippen LogP contribution in [0.1, 0.15) is 24.4 Å². The molecule has 27 heavy (non-hydrogen) atoms. The molecule has 0 unspecified atom stereocenters. The average molecular weight is 396 g/mol. The Balaban J connectivity index is 1.65. The van der Waals surface area contributed by atoms with Crippen molar-refractivity contribution in [2.24, 2.45) is 5.92 Å². The molecular formula is C15H18F6N6. The van der Waals surface area contributed by atoms with Gasteiger partial charge in [-0.05, 0) is 38.8 Å². The zero-order chi connectivity index (χ0) is 19.8. The number of fused-ring (bicyclic) bond motifs is 1. The number of hydrogen-bond donors (Lipinski definition) is 1. The Morgan fingerprint density at radius 1 is 1.11 bits per heavy atom. The van der Waals surface area contributed by atoms with E-state index in [0.717, 1.165) is 4.52 Å². The molecule has 0 aliphatic carbocycles. The predicted molar refractivity (Wildman–Crippen MR) is 84.2 cm³/mol. The second kappa shape index (κ2) is 7.13. The van der Waals surface area contributed by atoms with Crippen molar-refractivity contribution in [3.8, 4) is 0 Å². The number of aromatic nitrogens is 4. The quantitative estimate of drug-likeness (QED) is 0.805. The maximum absolute atomic E-state index is 12.8. The van der Waals surface area contributed by atoms with Crippen molar-refractivity contribution in [2.75, 3.05) is 31.5 Å². The van der Waals surface area contributed by atoms with E-state index in [9.17, 15) is 26.3 Å². The summed E-state index contributed by atoms with van der Waals surface area (Å²) in [6.07, 6.45) is -7.75. The first kappa shape index (κ1) is 19.6. The topological polar surface area (TPSA) is 58.4 Å². The first-order chi connectivity index (χ1) is 12.5. The lowest BCUT2D eigenvalue weighted by molar-refractivity contribution is -0.148. The molecule has 0 saturated carbocycles. The van der Waals surface area contributed by atoms with Gasteiger partial charge in [0.1, 0.15) is 5.82 Å². The van der Waals surface area contributed by atoms with E-state index in [0.29, 0.717) is 44.0 Å². The van der Waals surface area contributed by atoms with E-state index < -0.39 is 24.7 Å². The minimum absolute atomic E-state index is 0.114. The number of nitrogens with zero attached hydrogens (tertiary/aromatic N) is 5. The monoisotopic (exact) mass is 396 g/mol. The molecule has 2 aromatic heterocycles. The van der Waals surface area contributed by atoms with Crippen molar-refractivity contribution >= 4 is 11.6 Å². The second-order valence-electron chi connectivity index (χ2n) is 6.64. The first-order valence-corrected chi connectivity index (χ1v) is 8.36. The Bertz CT molecular complexity index is 790. The summed E-state index contributed by atoms with van der Waals surface area (Å²) in [6.45, 7) is 1.79. The molecule has 0 spiro atoms. The fourth-order valence-corrected chi connectivity index (χ4v) is 3.08. The largest absolute Gasteiger partial charge is 0.453 e. The zero-order valence-corrected chi connectivity index (χ0v) is 14.4. The van der Waals surface area contributed by atoms with Crippen LogP contribution in [0.2, 0.25) is 0 Å². The molecule has 0 radical (unpaired) electrons. The third-order valence-electron chi connectivity index (χ3n) is 4.38. The number of rotatable bonds is 4. The summed E-state index contributed by atoms with van der Waals surface area (Å²) in [5.41, 5.74) is 0.478. The van der Waals surface area contributed by atoms with Gasteiger partial charge in [-0.3, -0.25) is 4.90 Å². The van der Waals surface area contributed by atoms with Crippen LogP contribution in [-0.4, -0.2) is 56.8 Å². The van der Waals surface area contributed by atoms with Gasteiger partial charge >= 0.3 is 12.4 Å². The number of piperidine rings is 1. The van der Waals surface area contributed by atoms with E-state index in [1.165, 1.54) is 4.90 Å². The number of anilines is 1. The van der Waals surface area contributed by atoms with E-state index in [4.69, 9.17) is 0 Å². The molecule has 3 rings (SSSR count). The Morgan fingerprint density at radius 2 is 1.78 bits per heavy atom. The SMILES string of the molecule is Cc1cc(NCC2CCN(CC(F)(F)F)CC2)n2nc(C(F)(F)F)nc2n1. The van der Waals surface area contributed by atoms with Gasteiger partial charge in [0, 0.05) is 18.3 Å². The number of nitrogens with one attached hydrogen (secondary N) is 1. The molecule has 1 saturated heterocycles. The lowest BCUT2D eigenvalue weighted by Gasteiger charge is -2.32. The average Bonchev–Trinajstić information content (AvgIpc) is 2.96. The highest BCUT2D eigenvalue weighted by Crippen LogP contribution is 2.27. The van der Waals surface area contributed by atoms with Crippen LogP contribution in [0.25, 0.3) is 5.78 Å². The lowest BCUT2D eigenvalue weighted by Crippen LogP contribution is -2.41. The fraction of sp³-hybridized carbons (Fsp3) is 0.667. The molecule has 1 aliphatic heterocycles. The highest BCUT2D eigenvalue weighted by molar-refractivity contribution is 5.45. The van der Waals surface area contributed by atoms with Crippen molar-refractivity contribution in [1.29, 1.82) is 0 Å². The van der Waals surface area contributed by atoms with Crippen molar-refractivity contribution in [2.45, 2.75) is 32.1 Å². The van der Waals surface area contributed by atoms with E-state index in [1.807, 2.05) is 0 Å². The maximum atomic E-state index is 12.8. The number of likely N-dealkylation sites (tertiary alicyclic amines) is 1. The molecular weight excluding hydrogens is 378 g/mol. The second-order valence-corrected chi connectivity index (χ2v) is 6.64. The molecule has 3 heterocycles. The molecule has 0 atom stereocenters. The highest BCUT2D eigenvalue weighted by Gasteiger charge is 2.37. The fourth-order valence-electron chi connectivity index (χ4n) is 3.08. The van der Waals surface area contributed by atoms with Crippen LogP contribution in [0.3, 0.4) is 0 Å². The normalized spacial score (nSPS) is 17.6. The molecule has 1 aliphatic rings. The van der Waals surface area contributed by atoms with Crippen molar-refractivity contribution in [3.05, 3.63) is 17.6 Å². The van der Waals surface area contributed by atoms with Crippen LogP contribution in [0.4, 0.5) is 32.2 Å². The molecule has 0 bridgehead atoms. The number of hydrogen-bond acceptors (Lipinski definition) is 5. The summed E-state index contributed by atoms with van der Waals surface area (Å²) >= 11 is 0. The van der Waals surface area contributed by atoms with Gasteiger partial charge in [0.2, 0.25) is 0 Å². The van der Waals surface area contributed by atoms with Gasteiger partial charge in [-0.2, -0.15) is 35.8 Å². The molecule has 0 amide bonds. The third-order valence-corrected chi connectivity index (χ3v) is 4.38. The Morgan fingerprint density at radius 3 is 2.37 bits per heavy atom. The molecule has 1 fully saturated rings. The van der Waals surface area contributed by atoms with Gasteiger partial charge in [0.15, 0.2) is 0 Å². The van der Waals surface area contributed by atoms with Crippen LogP contribution in [-0.2, 0) is 6.18 Å². The Kier molecular flexibility index (Phi) is 5.19. The van der Waals surface area contributed by atoms with Crippen molar-refractivity contribution in [1.82, 2.24) is 24.5 Å². The summed E-state index contributed by atoms with van der Waals surface area (Å²) in [4.78, 5) is 8.71. The van der Waals surface area contributed by atoms with Gasteiger partial charge in [-0.15, -0.1) is 5.10 Å². The molecule has 150 valence electrons. The minimum atomic E-state index is -4.68. The molecule has 2 aromatic rings. The van der Waals surface area contributed by atoms with Crippen LogP contribution in [0, 0.1) is 12.8 Å². The lowest BCUT2D eigenvalue weighted by atomic mass is 9.97. The molecule has 12 heteroatoms.